The molecule has 3 aromatic rings. The van der Waals surface area contributed by atoms with Crippen LogP contribution in [-0.2, 0) is 4.79 Å². The predicted molar refractivity (Wildman–Crippen MR) is 104 cm³/mol. The van der Waals surface area contributed by atoms with Gasteiger partial charge in [-0.2, -0.15) is 5.26 Å². The predicted octanol–water partition coefficient (Wildman–Crippen LogP) is 4.15. The van der Waals surface area contributed by atoms with Crippen molar-refractivity contribution in [3.05, 3.63) is 88.5 Å². The summed E-state index contributed by atoms with van der Waals surface area (Å²) in [6, 6.07) is 22.3. The molecule has 0 radical (unpaired) electrons. The second-order valence-electron chi connectivity index (χ2n) is 5.82. The smallest absolute Gasteiger partial charge is 0.292 e. The number of nitriles is 1. The van der Waals surface area contributed by atoms with Gasteiger partial charge in [-0.05, 0) is 41.5 Å². The van der Waals surface area contributed by atoms with Crippen molar-refractivity contribution in [1.82, 2.24) is 0 Å². The molecule has 0 fully saturated rings. The molecule has 0 aliphatic carbocycles. The van der Waals surface area contributed by atoms with Crippen LogP contribution in [0.3, 0.4) is 0 Å². The number of hydrogen-bond acceptors (Lipinski definition) is 5. The number of nitro benzene ring substituents is 1. The van der Waals surface area contributed by atoms with Crippen LogP contribution in [0.4, 0.5) is 11.4 Å². The average Bonchev–Trinajstić information content (AvgIpc) is 2.73. The Hall–Kier alpha value is -4.18. The first-order valence-corrected chi connectivity index (χ1v) is 8.33. The third kappa shape index (κ3) is 4.51. The van der Waals surface area contributed by atoms with Gasteiger partial charge in [0, 0.05) is 6.07 Å². The SMILES string of the molecule is N#Cc1ccc(-c2ccc(OCC(=O)Nc3ccccc3[N+](=O)[O-])cc2)cc1. The number of carbonyl (C=O) groups excluding carboxylic acids is 1. The number of nitrogens with zero attached hydrogens (tertiary/aromatic N) is 2. The van der Waals surface area contributed by atoms with Crippen molar-refractivity contribution in [1.29, 1.82) is 5.26 Å². The van der Waals surface area contributed by atoms with Crippen LogP contribution in [-0.4, -0.2) is 17.4 Å². The van der Waals surface area contributed by atoms with Crippen molar-refractivity contribution >= 4 is 17.3 Å². The van der Waals surface area contributed by atoms with E-state index in [2.05, 4.69) is 11.4 Å². The molecule has 138 valence electrons. The normalized spacial score (nSPS) is 9.96. The van der Waals surface area contributed by atoms with Crippen LogP contribution in [0.1, 0.15) is 5.56 Å². The van der Waals surface area contributed by atoms with Gasteiger partial charge < -0.3 is 10.1 Å². The number of nitro groups is 1. The van der Waals surface area contributed by atoms with Gasteiger partial charge in [0.05, 0.1) is 16.6 Å². The number of nitrogens with one attached hydrogen (secondary N) is 1. The lowest BCUT2D eigenvalue weighted by Crippen LogP contribution is -2.20. The summed E-state index contributed by atoms with van der Waals surface area (Å²) < 4.78 is 5.44. The standard InChI is InChI=1S/C21H15N3O4/c22-13-15-5-7-16(8-6-15)17-9-11-18(12-10-17)28-14-21(25)23-19-3-1-2-4-20(19)24(26)27/h1-12H,14H2,(H,23,25). The van der Waals surface area contributed by atoms with Gasteiger partial charge in [0.25, 0.3) is 11.6 Å². The third-order valence-corrected chi connectivity index (χ3v) is 3.95. The average molecular weight is 373 g/mol. The molecular weight excluding hydrogens is 358 g/mol. The summed E-state index contributed by atoms with van der Waals surface area (Å²) in [5, 5.41) is 22.3. The van der Waals surface area contributed by atoms with Crippen LogP contribution >= 0.6 is 0 Å². The monoisotopic (exact) mass is 373 g/mol. The van der Waals surface area contributed by atoms with Crippen LogP contribution in [0.2, 0.25) is 0 Å². The second kappa shape index (κ2) is 8.47. The van der Waals surface area contributed by atoms with Crippen molar-refractivity contribution in [3.63, 3.8) is 0 Å². The van der Waals surface area contributed by atoms with Gasteiger partial charge in [-0.15, -0.1) is 0 Å². The summed E-state index contributed by atoms with van der Waals surface area (Å²) in [4.78, 5) is 22.4. The number of carbonyl (C=O) groups is 1. The zero-order chi connectivity index (χ0) is 19.9. The zero-order valence-corrected chi connectivity index (χ0v) is 14.7. The van der Waals surface area contributed by atoms with E-state index in [4.69, 9.17) is 10.00 Å². The van der Waals surface area contributed by atoms with Gasteiger partial charge in [0.2, 0.25) is 0 Å². The van der Waals surface area contributed by atoms with Crippen molar-refractivity contribution in [2.24, 2.45) is 0 Å². The number of benzene rings is 3. The van der Waals surface area contributed by atoms with Crippen molar-refractivity contribution < 1.29 is 14.5 Å². The molecule has 7 nitrogen and oxygen atoms in total. The molecule has 0 aliphatic rings. The topological polar surface area (TPSA) is 105 Å². The number of hydrogen-bond donors (Lipinski definition) is 1. The Kier molecular flexibility index (Phi) is 5.63. The highest BCUT2D eigenvalue weighted by atomic mass is 16.6. The third-order valence-electron chi connectivity index (χ3n) is 3.95. The van der Waals surface area contributed by atoms with Gasteiger partial charge in [-0.25, -0.2) is 0 Å². The van der Waals surface area contributed by atoms with Crippen molar-refractivity contribution in [2.75, 3.05) is 11.9 Å². The summed E-state index contributed by atoms with van der Waals surface area (Å²) >= 11 is 0. The first-order valence-electron chi connectivity index (χ1n) is 8.33. The Labute approximate surface area is 161 Å². The maximum atomic E-state index is 12.0. The molecule has 0 aromatic heterocycles. The minimum Gasteiger partial charge on any atom is -0.484 e. The van der Waals surface area contributed by atoms with Gasteiger partial charge >= 0.3 is 0 Å². The lowest BCUT2D eigenvalue weighted by Gasteiger charge is -2.09. The van der Waals surface area contributed by atoms with Gasteiger partial charge in [0.15, 0.2) is 6.61 Å². The van der Waals surface area contributed by atoms with Crippen molar-refractivity contribution in [3.8, 4) is 22.9 Å². The van der Waals surface area contributed by atoms with E-state index in [1.54, 1.807) is 30.3 Å². The first kappa shape index (κ1) is 18.6. The Balaban J connectivity index is 1.60. The number of anilines is 1. The van der Waals surface area contributed by atoms with Crippen LogP contribution in [0.5, 0.6) is 5.75 Å². The molecule has 28 heavy (non-hydrogen) atoms. The van der Waals surface area contributed by atoms with E-state index in [9.17, 15) is 14.9 Å². The van der Waals surface area contributed by atoms with Gasteiger partial charge in [0.1, 0.15) is 11.4 Å². The maximum Gasteiger partial charge on any atom is 0.292 e. The Morgan fingerprint density at radius 1 is 1.00 bits per heavy atom. The molecule has 0 aliphatic heterocycles. The fourth-order valence-corrected chi connectivity index (χ4v) is 2.55. The second-order valence-corrected chi connectivity index (χ2v) is 5.82. The van der Waals surface area contributed by atoms with Crippen molar-refractivity contribution in [2.45, 2.75) is 0 Å². The van der Waals surface area contributed by atoms with Crippen LogP contribution in [0.15, 0.2) is 72.8 Å². The molecule has 3 aromatic carbocycles. The summed E-state index contributed by atoms with van der Waals surface area (Å²) in [5.74, 6) is 0.000533. The van der Waals surface area contributed by atoms with E-state index in [0.717, 1.165) is 11.1 Å². The lowest BCUT2D eigenvalue weighted by atomic mass is 10.0. The molecule has 1 N–H and O–H groups in total. The summed E-state index contributed by atoms with van der Waals surface area (Å²) in [7, 11) is 0. The van der Waals surface area contributed by atoms with E-state index in [-0.39, 0.29) is 18.0 Å². The molecule has 0 atom stereocenters. The molecule has 0 saturated carbocycles. The minimum atomic E-state index is -0.557. The van der Waals surface area contributed by atoms with E-state index in [1.807, 2.05) is 24.3 Å². The van der Waals surface area contributed by atoms with E-state index in [1.165, 1.54) is 18.2 Å². The highest BCUT2D eigenvalue weighted by Gasteiger charge is 2.14. The van der Waals surface area contributed by atoms with Crippen LogP contribution in [0.25, 0.3) is 11.1 Å². The number of ether oxygens (including phenoxy) is 1. The summed E-state index contributed by atoms with van der Waals surface area (Å²) in [6.45, 7) is -0.276. The molecule has 1 amide bonds. The van der Waals surface area contributed by atoms with E-state index >= 15 is 0 Å². The summed E-state index contributed by atoms with van der Waals surface area (Å²) in [6.07, 6.45) is 0. The maximum absolute atomic E-state index is 12.0. The molecule has 3 rings (SSSR count). The quantitative estimate of drug-likeness (QED) is 0.516. The largest absolute Gasteiger partial charge is 0.484 e. The molecule has 0 heterocycles. The van der Waals surface area contributed by atoms with Crippen LogP contribution in [0, 0.1) is 21.4 Å². The Morgan fingerprint density at radius 2 is 1.61 bits per heavy atom. The number of para-hydroxylation sites is 2. The molecule has 0 bridgehead atoms. The number of rotatable bonds is 6. The van der Waals surface area contributed by atoms with Gasteiger partial charge in [-0.1, -0.05) is 36.4 Å². The number of amides is 1. The first-order chi connectivity index (χ1) is 13.6. The van der Waals surface area contributed by atoms with Gasteiger partial charge in [-0.3, -0.25) is 14.9 Å². The van der Waals surface area contributed by atoms with E-state index < -0.39 is 10.8 Å². The zero-order valence-electron chi connectivity index (χ0n) is 14.7. The Bertz CT molecular complexity index is 1040. The lowest BCUT2D eigenvalue weighted by molar-refractivity contribution is -0.383. The van der Waals surface area contributed by atoms with Crippen LogP contribution < -0.4 is 10.1 Å². The molecule has 0 saturated heterocycles. The highest BCUT2D eigenvalue weighted by molar-refractivity contribution is 5.94. The molecule has 0 unspecified atom stereocenters. The fourth-order valence-electron chi connectivity index (χ4n) is 2.55. The summed E-state index contributed by atoms with van der Waals surface area (Å²) in [5.41, 5.74) is 2.44. The minimum absolute atomic E-state index is 0.122. The molecule has 0 spiro atoms. The highest BCUT2D eigenvalue weighted by Crippen LogP contribution is 2.24. The molecule has 7 heteroatoms. The fraction of sp³-hybridized carbons (Fsp3) is 0.0476. The molecular formula is C21H15N3O4. The van der Waals surface area contributed by atoms with E-state index in [0.29, 0.717) is 11.3 Å². The Morgan fingerprint density at radius 3 is 2.21 bits per heavy atom.